The number of rotatable bonds is 5. The number of oxazole rings is 1. The molecule has 2 heterocycles. The van der Waals surface area contributed by atoms with Gasteiger partial charge in [0.05, 0.1) is 16.9 Å². The smallest absolute Gasteiger partial charge is 0.408 e. The van der Waals surface area contributed by atoms with Crippen LogP contribution in [0.1, 0.15) is 6.42 Å². The molecule has 1 saturated heterocycles. The van der Waals surface area contributed by atoms with Gasteiger partial charge < -0.3 is 19.5 Å². The Morgan fingerprint density at radius 2 is 1.90 bits per heavy atom. The number of para-hydroxylation sites is 2. The van der Waals surface area contributed by atoms with Crippen molar-refractivity contribution >= 4 is 40.0 Å². The molecule has 2 aromatic carbocycles. The Kier molecular flexibility index (Phi) is 5.60. The predicted molar refractivity (Wildman–Crippen MR) is 115 cm³/mol. The number of benzene rings is 2. The number of nitrogens with one attached hydrogen (secondary N) is 1. The number of aromatic nitrogens is 1. The van der Waals surface area contributed by atoms with Crippen LogP contribution in [0.25, 0.3) is 11.1 Å². The van der Waals surface area contributed by atoms with E-state index in [4.69, 9.17) is 16.0 Å². The minimum absolute atomic E-state index is 0.151. The summed E-state index contributed by atoms with van der Waals surface area (Å²) in [6.07, 6.45) is 0.161. The zero-order valence-corrected chi connectivity index (χ0v) is 17.0. The highest BCUT2D eigenvalue weighted by Crippen LogP contribution is 2.26. The molecule has 0 saturated carbocycles. The van der Waals surface area contributed by atoms with Crippen LogP contribution in [-0.4, -0.2) is 48.6 Å². The molecule has 1 aromatic heterocycles. The Bertz CT molecular complexity index is 1080. The highest BCUT2D eigenvalue weighted by atomic mass is 35.5. The number of amides is 1. The van der Waals surface area contributed by atoms with E-state index >= 15 is 0 Å². The monoisotopic (exact) mass is 414 g/mol. The summed E-state index contributed by atoms with van der Waals surface area (Å²) in [6, 6.07) is 12.8. The van der Waals surface area contributed by atoms with Crippen LogP contribution < -0.4 is 16.0 Å². The summed E-state index contributed by atoms with van der Waals surface area (Å²) in [5, 5.41) is 3.49. The molecule has 29 heavy (non-hydrogen) atoms. The number of halogens is 1. The first-order valence-corrected chi connectivity index (χ1v) is 10.0. The molecule has 8 heteroatoms. The number of likely N-dealkylation sites (N-methyl/N-ethyl adjacent to an activating group) is 1. The lowest BCUT2D eigenvalue weighted by atomic mass is 10.2. The number of fused-ring (bicyclic) bond motifs is 1. The van der Waals surface area contributed by atoms with Crippen molar-refractivity contribution in [3.05, 3.63) is 58.0 Å². The lowest BCUT2D eigenvalue weighted by Gasteiger charge is -2.35. The van der Waals surface area contributed by atoms with Gasteiger partial charge in [0.1, 0.15) is 0 Å². The maximum Gasteiger partial charge on any atom is 0.419 e. The van der Waals surface area contributed by atoms with Gasteiger partial charge in [-0.25, -0.2) is 4.79 Å². The van der Waals surface area contributed by atoms with Crippen LogP contribution >= 0.6 is 11.6 Å². The largest absolute Gasteiger partial charge is 0.419 e. The van der Waals surface area contributed by atoms with Crippen LogP contribution in [0, 0.1) is 0 Å². The van der Waals surface area contributed by atoms with Gasteiger partial charge >= 0.3 is 5.76 Å². The van der Waals surface area contributed by atoms with Crippen molar-refractivity contribution < 1.29 is 9.21 Å². The maximum atomic E-state index is 12.6. The van der Waals surface area contributed by atoms with E-state index in [1.54, 1.807) is 18.2 Å². The molecule has 4 rings (SSSR count). The first kappa shape index (κ1) is 19.5. The number of nitrogens with zero attached hydrogens (tertiary/aromatic N) is 3. The van der Waals surface area contributed by atoms with Gasteiger partial charge in [0, 0.05) is 50.2 Å². The van der Waals surface area contributed by atoms with Crippen molar-refractivity contribution in [2.75, 3.05) is 43.4 Å². The second-order valence-corrected chi connectivity index (χ2v) is 7.67. The molecule has 0 spiro atoms. The highest BCUT2D eigenvalue weighted by Gasteiger charge is 2.18. The number of carbonyl (C=O) groups is 1. The van der Waals surface area contributed by atoms with Crippen LogP contribution in [-0.2, 0) is 11.3 Å². The topological polar surface area (TPSA) is 70.7 Å². The zero-order valence-electron chi connectivity index (χ0n) is 16.2. The third-order valence-corrected chi connectivity index (χ3v) is 5.45. The molecular weight excluding hydrogens is 392 g/mol. The molecule has 0 unspecified atom stereocenters. The molecule has 0 atom stereocenters. The lowest BCUT2D eigenvalue weighted by molar-refractivity contribution is -0.116. The van der Waals surface area contributed by atoms with Crippen molar-refractivity contribution in [2.24, 2.45) is 0 Å². The van der Waals surface area contributed by atoms with E-state index < -0.39 is 5.76 Å². The minimum Gasteiger partial charge on any atom is -0.408 e. The van der Waals surface area contributed by atoms with E-state index in [1.807, 2.05) is 24.3 Å². The number of hydrogen-bond donors (Lipinski definition) is 1. The molecule has 0 radical (unpaired) electrons. The Labute approximate surface area is 173 Å². The van der Waals surface area contributed by atoms with Crippen LogP contribution in [0.15, 0.2) is 51.7 Å². The summed E-state index contributed by atoms with van der Waals surface area (Å²) in [5.74, 6) is -0.644. The summed E-state index contributed by atoms with van der Waals surface area (Å²) in [6.45, 7) is 4.05. The fraction of sp³-hybridized carbons (Fsp3) is 0.333. The number of anilines is 2. The molecule has 1 amide bonds. The normalized spacial score (nSPS) is 15.0. The van der Waals surface area contributed by atoms with Crippen molar-refractivity contribution in [2.45, 2.75) is 13.0 Å². The molecule has 7 nitrogen and oxygen atoms in total. The standard InChI is InChI=1S/C21H23ClN4O3/c1-24-10-12-25(13-11-24)17-5-3-2-4-16(17)23-20(27)8-9-26-18-7-6-15(22)14-19(18)29-21(26)28/h2-7,14H,8-13H2,1H3,(H,23,27). The van der Waals surface area contributed by atoms with E-state index in [0.717, 1.165) is 37.6 Å². The third kappa shape index (κ3) is 4.31. The number of carbonyl (C=O) groups excluding carboxylic acids is 1. The van der Waals surface area contributed by atoms with Crippen LogP contribution in [0.4, 0.5) is 11.4 Å². The zero-order chi connectivity index (χ0) is 20.4. The Morgan fingerprint density at radius 3 is 2.69 bits per heavy atom. The molecule has 3 aromatic rings. The van der Waals surface area contributed by atoms with Gasteiger partial charge in [-0.3, -0.25) is 9.36 Å². The molecule has 1 fully saturated rings. The fourth-order valence-electron chi connectivity index (χ4n) is 3.58. The van der Waals surface area contributed by atoms with E-state index in [2.05, 4.69) is 22.2 Å². The van der Waals surface area contributed by atoms with E-state index in [9.17, 15) is 9.59 Å². The van der Waals surface area contributed by atoms with Crippen molar-refractivity contribution in [1.29, 1.82) is 0 Å². The lowest BCUT2D eigenvalue weighted by Crippen LogP contribution is -2.44. The summed E-state index contributed by atoms with van der Waals surface area (Å²) >= 11 is 5.94. The average Bonchev–Trinajstić information content (AvgIpc) is 3.01. The maximum absolute atomic E-state index is 12.6. The summed E-state index contributed by atoms with van der Waals surface area (Å²) in [4.78, 5) is 29.3. The van der Waals surface area contributed by atoms with Crippen molar-refractivity contribution in [3.8, 4) is 0 Å². The molecule has 0 aliphatic carbocycles. The summed E-state index contributed by atoms with van der Waals surface area (Å²) in [5.41, 5.74) is 2.86. The minimum atomic E-state index is -0.493. The number of piperazine rings is 1. The number of hydrogen-bond acceptors (Lipinski definition) is 5. The Hall–Kier alpha value is -2.77. The highest BCUT2D eigenvalue weighted by molar-refractivity contribution is 6.31. The van der Waals surface area contributed by atoms with Gasteiger partial charge in [-0.1, -0.05) is 23.7 Å². The number of aryl methyl sites for hydroxylation is 1. The van der Waals surface area contributed by atoms with Gasteiger partial charge in [0.25, 0.3) is 0 Å². The molecule has 152 valence electrons. The molecular formula is C21H23ClN4O3. The second-order valence-electron chi connectivity index (χ2n) is 7.24. The average molecular weight is 415 g/mol. The predicted octanol–water partition coefficient (Wildman–Crippen LogP) is 3.03. The Balaban J connectivity index is 1.45. The van der Waals surface area contributed by atoms with Crippen LogP contribution in [0.3, 0.4) is 0 Å². The molecule has 1 aliphatic heterocycles. The van der Waals surface area contributed by atoms with Gasteiger partial charge in [-0.05, 0) is 31.3 Å². The van der Waals surface area contributed by atoms with Gasteiger partial charge in [-0.15, -0.1) is 0 Å². The Morgan fingerprint density at radius 1 is 1.14 bits per heavy atom. The fourth-order valence-corrected chi connectivity index (χ4v) is 3.74. The second kappa shape index (κ2) is 8.31. The first-order chi connectivity index (χ1) is 14.0. The molecule has 1 N–H and O–H groups in total. The quantitative estimate of drug-likeness (QED) is 0.694. The summed E-state index contributed by atoms with van der Waals surface area (Å²) < 4.78 is 6.67. The van der Waals surface area contributed by atoms with Gasteiger partial charge in [0.2, 0.25) is 5.91 Å². The van der Waals surface area contributed by atoms with Crippen LogP contribution in [0.5, 0.6) is 0 Å². The SMILES string of the molecule is CN1CCN(c2ccccc2NC(=O)CCn2c(=O)oc3cc(Cl)ccc32)CC1. The van der Waals surface area contributed by atoms with Gasteiger partial charge in [-0.2, -0.15) is 0 Å². The molecule has 0 bridgehead atoms. The third-order valence-electron chi connectivity index (χ3n) is 5.21. The van der Waals surface area contributed by atoms with E-state index in [1.165, 1.54) is 4.57 Å². The van der Waals surface area contributed by atoms with Crippen LogP contribution in [0.2, 0.25) is 5.02 Å². The summed E-state index contributed by atoms with van der Waals surface area (Å²) in [7, 11) is 2.11. The van der Waals surface area contributed by atoms with Crippen molar-refractivity contribution in [1.82, 2.24) is 9.47 Å². The van der Waals surface area contributed by atoms with E-state index in [0.29, 0.717) is 16.1 Å². The first-order valence-electron chi connectivity index (χ1n) is 9.62. The van der Waals surface area contributed by atoms with Crippen molar-refractivity contribution in [3.63, 3.8) is 0 Å². The molecule has 1 aliphatic rings. The van der Waals surface area contributed by atoms with Gasteiger partial charge in [0.15, 0.2) is 5.58 Å². The van der Waals surface area contributed by atoms with E-state index in [-0.39, 0.29) is 18.9 Å².